The molecular weight excluding hydrogens is 278 g/mol. The summed E-state index contributed by atoms with van der Waals surface area (Å²) in [7, 11) is 0. The molecule has 2 aromatic carbocycles. The maximum atomic E-state index is 10.9. The van der Waals surface area contributed by atoms with E-state index in [1.54, 1.807) is 24.3 Å². The molecule has 20 heavy (non-hydrogen) atoms. The van der Waals surface area contributed by atoms with Crippen LogP contribution in [-0.2, 0) is 0 Å². The molecule has 0 fully saturated rings. The first-order chi connectivity index (χ1) is 9.51. The number of nitrogens with one attached hydrogen (secondary N) is 1. The molecule has 0 amide bonds. The van der Waals surface area contributed by atoms with E-state index in [-0.39, 0.29) is 11.3 Å². The average molecular weight is 288 g/mol. The summed E-state index contributed by atoms with van der Waals surface area (Å²) >= 11 is 6.03. The molecular formula is C14H10ClN3O2. The van der Waals surface area contributed by atoms with Crippen molar-refractivity contribution in [2.45, 2.75) is 0 Å². The first-order valence-corrected chi connectivity index (χ1v) is 5.98. The molecule has 2 aromatic rings. The molecule has 0 heterocycles. The van der Waals surface area contributed by atoms with Gasteiger partial charge in [-0.2, -0.15) is 5.26 Å². The highest BCUT2D eigenvalue weighted by Gasteiger charge is 2.09. The molecule has 0 unspecified atom stereocenters. The van der Waals surface area contributed by atoms with Gasteiger partial charge in [-0.05, 0) is 36.4 Å². The lowest BCUT2D eigenvalue weighted by Crippen LogP contribution is -2.03. The van der Waals surface area contributed by atoms with Crippen LogP contribution >= 0.6 is 11.6 Å². The van der Waals surface area contributed by atoms with Crippen LogP contribution in [-0.4, -0.2) is 11.1 Å². The molecule has 100 valence electrons. The van der Waals surface area contributed by atoms with Crippen molar-refractivity contribution in [2.75, 3.05) is 11.1 Å². The number of anilines is 3. The zero-order valence-electron chi connectivity index (χ0n) is 10.2. The van der Waals surface area contributed by atoms with E-state index >= 15 is 0 Å². The quantitative estimate of drug-likeness (QED) is 0.753. The van der Waals surface area contributed by atoms with Gasteiger partial charge in [-0.15, -0.1) is 0 Å². The first-order valence-electron chi connectivity index (χ1n) is 5.61. The molecule has 2 rings (SSSR count). The van der Waals surface area contributed by atoms with E-state index in [9.17, 15) is 4.79 Å². The van der Waals surface area contributed by atoms with Crippen molar-refractivity contribution in [1.29, 1.82) is 5.26 Å². The van der Waals surface area contributed by atoms with Crippen LogP contribution in [0.2, 0.25) is 5.02 Å². The lowest BCUT2D eigenvalue weighted by atomic mass is 10.1. The number of aromatic carboxylic acids is 1. The third-order valence-corrected chi connectivity index (χ3v) is 2.99. The van der Waals surface area contributed by atoms with Gasteiger partial charge in [-0.1, -0.05) is 11.6 Å². The fourth-order valence-electron chi connectivity index (χ4n) is 1.68. The van der Waals surface area contributed by atoms with E-state index in [2.05, 4.69) is 5.32 Å². The summed E-state index contributed by atoms with van der Waals surface area (Å²) in [6, 6.07) is 11.3. The predicted octanol–water partition coefficient (Wildman–Crippen LogP) is 3.24. The summed E-state index contributed by atoms with van der Waals surface area (Å²) in [5, 5.41) is 21.2. The minimum Gasteiger partial charge on any atom is -0.478 e. The van der Waals surface area contributed by atoms with Gasteiger partial charge in [0.1, 0.15) is 0 Å². The van der Waals surface area contributed by atoms with Gasteiger partial charge in [0, 0.05) is 11.4 Å². The second kappa shape index (κ2) is 5.51. The number of hydrogen-bond donors (Lipinski definition) is 3. The Labute approximate surface area is 120 Å². The van der Waals surface area contributed by atoms with Gasteiger partial charge in [-0.25, -0.2) is 4.79 Å². The van der Waals surface area contributed by atoms with Gasteiger partial charge in [0.15, 0.2) is 0 Å². The molecule has 0 bridgehead atoms. The lowest BCUT2D eigenvalue weighted by molar-refractivity contribution is 0.0698. The number of hydrogen-bond acceptors (Lipinski definition) is 4. The van der Waals surface area contributed by atoms with Crippen molar-refractivity contribution in [3.63, 3.8) is 0 Å². The molecule has 4 N–H and O–H groups in total. The minimum absolute atomic E-state index is 0.0347. The van der Waals surface area contributed by atoms with Gasteiger partial charge in [0.05, 0.1) is 27.9 Å². The monoisotopic (exact) mass is 287 g/mol. The fourth-order valence-corrected chi connectivity index (χ4v) is 1.85. The Morgan fingerprint density at radius 3 is 2.65 bits per heavy atom. The number of halogens is 1. The van der Waals surface area contributed by atoms with Crippen molar-refractivity contribution >= 4 is 34.6 Å². The molecule has 0 radical (unpaired) electrons. The maximum absolute atomic E-state index is 10.9. The number of carbonyl (C=O) groups is 1. The van der Waals surface area contributed by atoms with Crippen LogP contribution in [0.5, 0.6) is 0 Å². The summed E-state index contributed by atoms with van der Waals surface area (Å²) in [6.45, 7) is 0. The number of nitrogens with zero attached hydrogens (tertiary/aromatic N) is 1. The van der Waals surface area contributed by atoms with Crippen LogP contribution in [0, 0.1) is 11.3 Å². The molecule has 0 spiro atoms. The van der Waals surface area contributed by atoms with Crippen molar-refractivity contribution in [2.24, 2.45) is 0 Å². The number of carboxylic acid groups (broad SMARTS) is 1. The number of carboxylic acids is 1. The zero-order valence-corrected chi connectivity index (χ0v) is 11.0. The second-order valence-corrected chi connectivity index (χ2v) is 4.45. The highest BCUT2D eigenvalue weighted by atomic mass is 35.5. The molecule has 0 aromatic heterocycles. The molecule has 5 nitrogen and oxygen atoms in total. The minimum atomic E-state index is -1.08. The Hall–Kier alpha value is -2.71. The molecule has 0 atom stereocenters. The van der Waals surface area contributed by atoms with Crippen LogP contribution in [0.25, 0.3) is 0 Å². The number of nitriles is 1. The van der Waals surface area contributed by atoms with Crippen LogP contribution in [0.4, 0.5) is 17.1 Å². The van der Waals surface area contributed by atoms with Gasteiger partial charge in [0.25, 0.3) is 0 Å². The van der Waals surface area contributed by atoms with Crippen molar-refractivity contribution in [3.8, 4) is 6.07 Å². The van der Waals surface area contributed by atoms with Crippen LogP contribution in [0.3, 0.4) is 0 Å². The molecule has 0 saturated carbocycles. The predicted molar refractivity (Wildman–Crippen MR) is 77.3 cm³/mol. The maximum Gasteiger partial charge on any atom is 0.337 e. The summed E-state index contributed by atoms with van der Waals surface area (Å²) in [5.74, 6) is -1.08. The Bertz CT molecular complexity index is 723. The number of nitrogens with two attached hydrogens (primary N) is 1. The van der Waals surface area contributed by atoms with E-state index in [1.165, 1.54) is 12.1 Å². The van der Waals surface area contributed by atoms with Gasteiger partial charge in [0.2, 0.25) is 0 Å². The normalized spacial score (nSPS) is 9.80. The zero-order chi connectivity index (χ0) is 14.7. The molecule has 0 aliphatic heterocycles. The average Bonchev–Trinajstić information content (AvgIpc) is 2.41. The summed E-state index contributed by atoms with van der Waals surface area (Å²) in [5.41, 5.74) is 7.45. The van der Waals surface area contributed by atoms with Crippen LogP contribution in [0.15, 0.2) is 36.4 Å². The standard InChI is InChI=1S/C14H10ClN3O2/c15-11-4-1-8(7-16)5-13(11)18-9-2-3-10(14(19)20)12(17)6-9/h1-6,18H,17H2,(H,19,20). The van der Waals surface area contributed by atoms with Crippen molar-refractivity contribution < 1.29 is 9.90 Å². The van der Waals surface area contributed by atoms with E-state index in [0.29, 0.717) is 22.0 Å². The highest BCUT2D eigenvalue weighted by Crippen LogP contribution is 2.28. The lowest BCUT2D eigenvalue weighted by Gasteiger charge is -2.10. The summed E-state index contributed by atoms with van der Waals surface area (Å²) in [4.78, 5) is 10.9. The Kier molecular flexibility index (Phi) is 3.78. The van der Waals surface area contributed by atoms with Gasteiger partial charge < -0.3 is 16.2 Å². The Morgan fingerprint density at radius 1 is 1.30 bits per heavy atom. The van der Waals surface area contributed by atoms with Crippen LogP contribution in [0.1, 0.15) is 15.9 Å². The van der Waals surface area contributed by atoms with Crippen LogP contribution < -0.4 is 11.1 Å². The van der Waals surface area contributed by atoms with Gasteiger partial charge in [-0.3, -0.25) is 0 Å². The van der Waals surface area contributed by atoms with Gasteiger partial charge >= 0.3 is 5.97 Å². The van der Waals surface area contributed by atoms with E-state index in [1.807, 2.05) is 6.07 Å². The smallest absolute Gasteiger partial charge is 0.337 e. The van der Waals surface area contributed by atoms with E-state index < -0.39 is 5.97 Å². The second-order valence-electron chi connectivity index (χ2n) is 4.04. The highest BCUT2D eigenvalue weighted by molar-refractivity contribution is 6.33. The Morgan fingerprint density at radius 2 is 2.05 bits per heavy atom. The largest absolute Gasteiger partial charge is 0.478 e. The first kappa shape index (κ1) is 13.7. The number of benzene rings is 2. The summed E-state index contributed by atoms with van der Waals surface area (Å²) in [6.07, 6.45) is 0. The third-order valence-electron chi connectivity index (χ3n) is 2.66. The topological polar surface area (TPSA) is 99.1 Å². The SMILES string of the molecule is N#Cc1ccc(Cl)c(Nc2ccc(C(=O)O)c(N)c2)c1. The Balaban J connectivity index is 2.33. The van der Waals surface area contributed by atoms with E-state index in [4.69, 9.17) is 27.7 Å². The molecule has 6 heteroatoms. The third kappa shape index (κ3) is 2.82. The molecule has 0 aliphatic carbocycles. The van der Waals surface area contributed by atoms with Crippen molar-refractivity contribution in [1.82, 2.24) is 0 Å². The van der Waals surface area contributed by atoms with Crippen molar-refractivity contribution in [3.05, 3.63) is 52.5 Å². The van der Waals surface area contributed by atoms with E-state index in [0.717, 1.165) is 0 Å². The number of nitrogen functional groups attached to an aromatic ring is 1. The molecule has 0 saturated heterocycles. The fraction of sp³-hybridized carbons (Fsp3) is 0. The summed E-state index contributed by atoms with van der Waals surface area (Å²) < 4.78 is 0. The molecule has 0 aliphatic rings. The number of rotatable bonds is 3.